The number of thiophene rings is 1. The molecule has 0 radical (unpaired) electrons. The van der Waals surface area contributed by atoms with Crippen LogP contribution >= 0.6 is 11.3 Å². The molecule has 0 aliphatic heterocycles. The second kappa shape index (κ2) is 7.56. The van der Waals surface area contributed by atoms with Crippen LogP contribution in [0.1, 0.15) is 11.5 Å². The van der Waals surface area contributed by atoms with Gasteiger partial charge in [0.05, 0.1) is 7.11 Å². The molecule has 3 aromatic rings. The molecular formula is C17H14N2O4S. The van der Waals surface area contributed by atoms with E-state index in [0.29, 0.717) is 5.82 Å². The van der Waals surface area contributed by atoms with Crippen LogP contribution in [0.15, 0.2) is 51.7 Å². The van der Waals surface area contributed by atoms with Crippen LogP contribution in [0.25, 0.3) is 17.5 Å². The first-order chi connectivity index (χ1) is 11.7. The van der Waals surface area contributed by atoms with Crippen molar-refractivity contribution in [3.63, 3.8) is 0 Å². The summed E-state index contributed by atoms with van der Waals surface area (Å²) < 4.78 is 15.3. The molecule has 0 amide bonds. The Morgan fingerprint density at radius 2 is 2.29 bits per heavy atom. The van der Waals surface area contributed by atoms with Crippen molar-refractivity contribution in [2.75, 3.05) is 7.11 Å². The van der Waals surface area contributed by atoms with Gasteiger partial charge in [-0.1, -0.05) is 17.3 Å². The van der Waals surface area contributed by atoms with E-state index in [1.807, 2.05) is 41.1 Å². The maximum atomic E-state index is 11.8. The SMILES string of the molecule is COc1cccc(/C=C/C(=O)OCc2nc(-c3ccsc3)no2)c1. The van der Waals surface area contributed by atoms with E-state index >= 15 is 0 Å². The Morgan fingerprint density at radius 1 is 1.38 bits per heavy atom. The average molecular weight is 342 g/mol. The quantitative estimate of drug-likeness (QED) is 0.504. The van der Waals surface area contributed by atoms with E-state index in [2.05, 4.69) is 10.1 Å². The Morgan fingerprint density at radius 3 is 3.08 bits per heavy atom. The standard InChI is InChI=1S/C17H14N2O4S/c1-21-14-4-2-3-12(9-14)5-6-16(20)22-10-15-18-17(19-23-15)13-7-8-24-11-13/h2-9,11H,10H2,1H3/b6-5+. The molecule has 122 valence electrons. The number of aromatic nitrogens is 2. The van der Waals surface area contributed by atoms with E-state index in [0.717, 1.165) is 16.9 Å². The van der Waals surface area contributed by atoms with Crippen molar-refractivity contribution in [3.05, 3.63) is 58.6 Å². The number of hydrogen-bond acceptors (Lipinski definition) is 7. The molecule has 6 nitrogen and oxygen atoms in total. The lowest BCUT2D eigenvalue weighted by molar-refractivity contribution is -0.139. The number of esters is 1. The molecule has 0 unspecified atom stereocenters. The van der Waals surface area contributed by atoms with Crippen molar-refractivity contribution in [3.8, 4) is 17.1 Å². The highest BCUT2D eigenvalue weighted by atomic mass is 32.1. The molecule has 1 aromatic carbocycles. The summed E-state index contributed by atoms with van der Waals surface area (Å²) in [5.41, 5.74) is 1.71. The summed E-state index contributed by atoms with van der Waals surface area (Å²) in [5.74, 6) is 0.957. The summed E-state index contributed by atoms with van der Waals surface area (Å²) in [6.45, 7) is -0.0710. The number of carbonyl (C=O) groups excluding carboxylic acids is 1. The minimum atomic E-state index is -0.492. The highest BCUT2D eigenvalue weighted by molar-refractivity contribution is 7.08. The van der Waals surface area contributed by atoms with Crippen LogP contribution in [0, 0.1) is 0 Å². The molecule has 0 aliphatic carbocycles. The molecule has 0 aliphatic rings. The van der Waals surface area contributed by atoms with Crippen molar-refractivity contribution in [2.45, 2.75) is 6.61 Å². The maximum Gasteiger partial charge on any atom is 0.331 e. The van der Waals surface area contributed by atoms with Crippen LogP contribution in [0.2, 0.25) is 0 Å². The molecule has 0 fully saturated rings. The molecule has 24 heavy (non-hydrogen) atoms. The highest BCUT2D eigenvalue weighted by Gasteiger charge is 2.10. The summed E-state index contributed by atoms with van der Waals surface area (Å²) in [7, 11) is 1.59. The number of ether oxygens (including phenoxy) is 2. The van der Waals surface area contributed by atoms with Gasteiger partial charge in [0, 0.05) is 17.0 Å². The van der Waals surface area contributed by atoms with Gasteiger partial charge < -0.3 is 14.0 Å². The predicted octanol–water partition coefficient (Wildman–Crippen LogP) is 3.56. The van der Waals surface area contributed by atoms with Crippen LogP contribution in [0.4, 0.5) is 0 Å². The molecule has 3 rings (SSSR count). The normalized spacial score (nSPS) is 10.9. The summed E-state index contributed by atoms with van der Waals surface area (Å²) in [6.07, 6.45) is 2.99. The third-order valence-electron chi connectivity index (χ3n) is 3.09. The lowest BCUT2D eigenvalue weighted by atomic mass is 10.2. The van der Waals surface area contributed by atoms with Crippen molar-refractivity contribution in [1.82, 2.24) is 10.1 Å². The van der Waals surface area contributed by atoms with Gasteiger partial charge in [0.1, 0.15) is 5.75 Å². The fourth-order valence-electron chi connectivity index (χ4n) is 1.91. The number of hydrogen-bond donors (Lipinski definition) is 0. The largest absolute Gasteiger partial charge is 0.497 e. The lowest BCUT2D eigenvalue weighted by Gasteiger charge is -2.00. The summed E-state index contributed by atoms with van der Waals surface area (Å²) >= 11 is 1.54. The fraction of sp³-hybridized carbons (Fsp3) is 0.118. The van der Waals surface area contributed by atoms with E-state index in [1.165, 1.54) is 6.08 Å². The number of rotatable bonds is 6. The maximum absolute atomic E-state index is 11.8. The Hall–Kier alpha value is -2.93. The molecule has 0 spiro atoms. The summed E-state index contributed by atoms with van der Waals surface area (Å²) in [4.78, 5) is 15.9. The molecular weight excluding hydrogens is 328 g/mol. The smallest absolute Gasteiger partial charge is 0.331 e. The van der Waals surface area contributed by atoms with Gasteiger partial charge in [0.25, 0.3) is 5.89 Å². The van der Waals surface area contributed by atoms with Crippen molar-refractivity contribution < 1.29 is 18.8 Å². The molecule has 0 saturated carbocycles. The molecule has 2 heterocycles. The molecule has 0 saturated heterocycles. The van der Waals surface area contributed by atoms with E-state index in [1.54, 1.807) is 24.5 Å². The zero-order valence-corrected chi connectivity index (χ0v) is 13.7. The van der Waals surface area contributed by atoms with Crippen LogP contribution in [-0.2, 0) is 16.1 Å². The van der Waals surface area contributed by atoms with Crippen LogP contribution in [0.3, 0.4) is 0 Å². The van der Waals surface area contributed by atoms with E-state index in [9.17, 15) is 4.79 Å². The van der Waals surface area contributed by atoms with Crippen molar-refractivity contribution in [2.24, 2.45) is 0 Å². The van der Waals surface area contributed by atoms with Crippen molar-refractivity contribution in [1.29, 1.82) is 0 Å². The minimum absolute atomic E-state index is 0.0710. The number of methoxy groups -OCH3 is 1. The molecule has 0 N–H and O–H groups in total. The minimum Gasteiger partial charge on any atom is -0.497 e. The summed E-state index contributed by atoms with van der Waals surface area (Å²) in [6, 6.07) is 9.24. The Kier molecular flexibility index (Phi) is 5.02. The number of nitrogens with zero attached hydrogens (tertiary/aromatic N) is 2. The fourth-order valence-corrected chi connectivity index (χ4v) is 2.55. The summed E-state index contributed by atoms with van der Waals surface area (Å²) in [5, 5.41) is 7.69. The van der Waals surface area contributed by atoms with Gasteiger partial charge in [-0.25, -0.2) is 4.79 Å². The predicted molar refractivity (Wildman–Crippen MR) is 89.4 cm³/mol. The first-order valence-corrected chi connectivity index (χ1v) is 8.03. The molecule has 0 bridgehead atoms. The zero-order valence-electron chi connectivity index (χ0n) is 12.8. The van der Waals surface area contributed by atoms with Gasteiger partial charge in [-0.2, -0.15) is 16.3 Å². The molecule has 2 aromatic heterocycles. The number of carbonyl (C=O) groups is 1. The van der Waals surface area contributed by atoms with Gasteiger partial charge >= 0.3 is 5.97 Å². The van der Waals surface area contributed by atoms with E-state index in [-0.39, 0.29) is 12.5 Å². The zero-order chi connectivity index (χ0) is 16.8. The van der Waals surface area contributed by atoms with Gasteiger partial charge in [-0.05, 0) is 35.2 Å². The van der Waals surface area contributed by atoms with E-state index in [4.69, 9.17) is 14.0 Å². The third kappa shape index (κ3) is 4.08. The van der Waals surface area contributed by atoms with Gasteiger partial charge in [0.15, 0.2) is 6.61 Å². The monoisotopic (exact) mass is 342 g/mol. The highest BCUT2D eigenvalue weighted by Crippen LogP contribution is 2.19. The molecule has 7 heteroatoms. The first-order valence-electron chi connectivity index (χ1n) is 7.08. The Bertz CT molecular complexity index is 840. The van der Waals surface area contributed by atoms with E-state index < -0.39 is 5.97 Å². The van der Waals surface area contributed by atoms with Crippen LogP contribution in [-0.4, -0.2) is 23.2 Å². The van der Waals surface area contributed by atoms with Crippen LogP contribution in [0.5, 0.6) is 5.75 Å². The first kappa shape index (κ1) is 15.9. The number of benzene rings is 1. The molecule has 0 atom stereocenters. The van der Waals surface area contributed by atoms with Gasteiger partial charge in [0.2, 0.25) is 5.82 Å². The Balaban J connectivity index is 1.54. The average Bonchev–Trinajstić information content (AvgIpc) is 3.29. The van der Waals surface area contributed by atoms with Gasteiger partial charge in [-0.15, -0.1) is 0 Å². The second-order valence-corrected chi connectivity index (χ2v) is 5.52. The van der Waals surface area contributed by atoms with Crippen molar-refractivity contribution >= 4 is 23.4 Å². The second-order valence-electron chi connectivity index (χ2n) is 4.74. The van der Waals surface area contributed by atoms with Gasteiger partial charge in [-0.3, -0.25) is 0 Å². The topological polar surface area (TPSA) is 74.5 Å². The third-order valence-corrected chi connectivity index (χ3v) is 3.77. The van der Waals surface area contributed by atoms with Crippen LogP contribution < -0.4 is 4.74 Å². The lowest BCUT2D eigenvalue weighted by Crippen LogP contribution is -2.00. The Labute approximate surface area is 142 Å².